The highest BCUT2D eigenvalue weighted by atomic mass is 16.2. The maximum atomic E-state index is 11.8. The molecule has 2 aromatic rings. The molecule has 1 amide bonds. The lowest BCUT2D eigenvalue weighted by Crippen LogP contribution is -2.40. The van der Waals surface area contributed by atoms with Gasteiger partial charge in [0.2, 0.25) is 5.91 Å². The lowest BCUT2D eigenvalue weighted by molar-refractivity contribution is -0.115. The molecule has 3 heterocycles. The van der Waals surface area contributed by atoms with Gasteiger partial charge in [-0.3, -0.25) is 4.79 Å². The summed E-state index contributed by atoms with van der Waals surface area (Å²) in [6, 6.07) is 1.81. The summed E-state index contributed by atoms with van der Waals surface area (Å²) in [4.78, 5) is 22.3. The smallest absolute Gasteiger partial charge is 0.244 e. The van der Waals surface area contributed by atoms with Crippen LogP contribution in [0.4, 0.5) is 11.5 Å². The molecule has 0 saturated heterocycles. The van der Waals surface area contributed by atoms with E-state index in [-0.39, 0.29) is 5.91 Å². The predicted molar refractivity (Wildman–Crippen MR) is 70.3 cm³/mol. The first-order chi connectivity index (χ1) is 9.29. The number of fused-ring (bicyclic) bond motifs is 1. The van der Waals surface area contributed by atoms with E-state index in [4.69, 9.17) is 0 Å². The minimum atomic E-state index is -0.0517. The Kier molecular flexibility index (Phi) is 2.86. The summed E-state index contributed by atoms with van der Waals surface area (Å²) < 4.78 is 1.62. The highest BCUT2D eigenvalue weighted by Crippen LogP contribution is 2.30. The van der Waals surface area contributed by atoms with Crippen LogP contribution in [0.5, 0.6) is 0 Å². The molecule has 2 aromatic heterocycles. The maximum absolute atomic E-state index is 11.8. The molecule has 1 aliphatic heterocycles. The Labute approximate surface area is 110 Å². The Morgan fingerprint density at radius 2 is 2.21 bits per heavy atom. The third-order valence-corrected chi connectivity index (χ3v) is 2.92. The monoisotopic (exact) mass is 258 g/mol. The van der Waals surface area contributed by atoms with Crippen LogP contribution in [0.1, 0.15) is 13.3 Å². The van der Waals surface area contributed by atoms with Crippen molar-refractivity contribution in [3.8, 4) is 5.82 Å². The van der Waals surface area contributed by atoms with E-state index >= 15 is 0 Å². The Hall–Kier alpha value is -2.44. The van der Waals surface area contributed by atoms with E-state index in [9.17, 15) is 4.79 Å². The first-order valence-corrected chi connectivity index (χ1v) is 6.19. The Morgan fingerprint density at radius 3 is 2.95 bits per heavy atom. The Bertz CT molecular complexity index is 594. The summed E-state index contributed by atoms with van der Waals surface area (Å²) in [6.45, 7) is 3.19. The minimum Gasteiger partial charge on any atom is -0.345 e. The van der Waals surface area contributed by atoms with Crippen molar-refractivity contribution >= 4 is 17.4 Å². The number of nitrogens with zero attached hydrogens (tertiary/aromatic N) is 5. The summed E-state index contributed by atoms with van der Waals surface area (Å²) >= 11 is 0. The zero-order valence-corrected chi connectivity index (χ0v) is 10.6. The summed E-state index contributed by atoms with van der Waals surface area (Å²) in [7, 11) is 0. The van der Waals surface area contributed by atoms with Crippen molar-refractivity contribution in [1.29, 1.82) is 0 Å². The molecular weight excluding hydrogens is 244 g/mol. The molecule has 98 valence electrons. The van der Waals surface area contributed by atoms with E-state index in [1.54, 1.807) is 17.1 Å². The van der Waals surface area contributed by atoms with E-state index < -0.39 is 0 Å². The van der Waals surface area contributed by atoms with Crippen molar-refractivity contribution in [2.75, 3.05) is 23.3 Å². The van der Waals surface area contributed by atoms with E-state index in [1.807, 2.05) is 11.0 Å². The topological polar surface area (TPSA) is 75.9 Å². The molecule has 1 N–H and O–H groups in total. The number of aromatic nitrogens is 4. The lowest BCUT2D eigenvalue weighted by Gasteiger charge is -2.29. The van der Waals surface area contributed by atoms with Gasteiger partial charge in [-0.25, -0.2) is 14.6 Å². The largest absolute Gasteiger partial charge is 0.345 e. The van der Waals surface area contributed by atoms with Crippen molar-refractivity contribution in [1.82, 2.24) is 19.7 Å². The Balaban J connectivity index is 2.10. The highest BCUT2D eigenvalue weighted by Gasteiger charge is 2.26. The molecule has 0 unspecified atom stereocenters. The fraction of sp³-hybridized carbons (Fsp3) is 0.333. The van der Waals surface area contributed by atoms with Crippen molar-refractivity contribution < 1.29 is 4.79 Å². The molecule has 0 spiro atoms. The van der Waals surface area contributed by atoms with Gasteiger partial charge in [-0.1, -0.05) is 6.92 Å². The standard InChI is InChI=1S/C12H14N6O/c1-2-5-17-7-9(19)16-10-11(17)13-8-14-12(10)18-6-3-4-15-18/h3-4,6,8H,2,5,7H2,1H3,(H,16,19). The van der Waals surface area contributed by atoms with Crippen LogP contribution in [0.15, 0.2) is 24.8 Å². The van der Waals surface area contributed by atoms with Crippen LogP contribution in [-0.2, 0) is 4.79 Å². The summed E-state index contributed by atoms with van der Waals surface area (Å²) in [6.07, 6.45) is 5.90. The molecule has 0 atom stereocenters. The zero-order chi connectivity index (χ0) is 13.2. The summed E-state index contributed by atoms with van der Waals surface area (Å²) in [5.74, 6) is 1.29. The number of rotatable bonds is 3. The molecule has 19 heavy (non-hydrogen) atoms. The Morgan fingerprint density at radius 1 is 1.37 bits per heavy atom. The fourth-order valence-electron chi connectivity index (χ4n) is 2.17. The molecule has 0 aromatic carbocycles. The van der Waals surface area contributed by atoms with Crippen LogP contribution in [0.25, 0.3) is 5.82 Å². The number of carbonyl (C=O) groups excluding carboxylic acids is 1. The first kappa shape index (κ1) is 11.6. The number of amides is 1. The van der Waals surface area contributed by atoms with Crippen LogP contribution >= 0.6 is 0 Å². The number of hydrogen-bond acceptors (Lipinski definition) is 5. The molecule has 7 heteroatoms. The lowest BCUT2D eigenvalue weighted by atomic mass is 10.2. The average molecular weight is 258 g/mol. The minimum absolute atomic E-state index is 0.0517. The normalized spacial score (nSPS) is 14.2. The third kappa shape index (κ3) is 2.03. The van der Waals surface area contributed by atoms with Gasteiger partial charge in [0.1, 0.15) is 12.0 Å². The van der Waals surface area contributed by atoms with Gasteiger partial charge < -0.3 is 10.2 Å². The number of anilines is 2. The quantitative estimate of drug-likeness (QED) is 0.882. The van der Waals surface area contributed by atoms with Crippen LogP contribution in [0, 0.1) is 0 Å². The van der Waals surface area contributed by atoms with Crippen molar-refractivity contribution in [3.63, 3.8) is 0 Å². The van der Waals surface area contributed by atoms with Crippen LogP contribution in [-0.4, -0.2) is 38.7 Å². The SMILES string of the molecule is CCCN1CC(=O)Nc2c1ncnc2-n1cccn1. The average Bonchev–Trinajstić information content (AvgIpc) is 2.92. The molecular formula is C12H14N6O. The molecule has 7 nitrogen and oxygen atoms in total. The van der Waals surface area contributed by atoms with Gasteiger partial charge in [0.05, 0.1) is 6.54 Å². The van der Waals surface area contributed by atoms with Gasteiger partial charge in [-0.2, -0.15) is 5.10 Å². The summed E-state index contributed by atoms with van der Waals surface area (Å²) in [5.41, 5.74) is 0.621. The summed E-state index contributed by atoms with van der Waals surface area (Å²) in [5, 5.41) is 6.99. The predicted octanol–water partition coefficient (Wildman–Crippen LogP) is 0.831. The van der Waals surface area contributed by atoms with Gasteiger partial charge in [0, 0.05) is 18.9 Å². The van der Waals surface area contributed by atoms with E-state index in [0.717, 1.165) is 18.8 Å². The van der Waals surface area contributed by atoms with Gasteiger partial charge in [0.25, 0.3) is 0 Å². The van der Waals surface area contributed by atoms with Gasteiger partial charge in [-0.05, 0) is 12.5 Å². The number of nitrogens with one attached hydrogen (secondary N) is 1. The van der Waals surface area contributed by atoms with Gasteiger partial charge >= 0.3 is 0 Å². The maximum Gasteiger partial charge on any atom is 0.244 e. The van der Waals surface area contributed by atoms with Crippen molar-refractivity contribution in [3.05, 3.63) is 24.8 Å². The number of hydrogen-bond donors (Lipinski definition) is 1. The second-order valence-corrected chi connectivity index (χ2v) is 4.32. The molecule has 0 radical (unpaired) electrons. The first-order valence-electron chi connectivity index (χ1n) is 6.19. The van der Waals surface area contributed by atoms with Gasteiger partial charge in [-0.15, -0.1) is 0 Å². The van der Waals surface area contributed by atoms with Crippen molar-refractivity contribution in [2.45, 2.75) is 13.3 Å². The molecule has 0 saturated carbocycles. The highest BCUT2D eigenvalue weighted by molar-refractivity contribution is 6.02. The fourth-order valence-corrected chi connectivity index (χ4v) is 2.17. The van der Waals surface area contributed by atoms with E-state index in [2.05, 4.69) is 27.3 Å². The molecule has 1 aliphatic rings. The molecule has 0 aliphatic carbocycles. The van der Waals surface area contributed by atoms with Crippen molar-refractivity contribution in [2.24, 2.45) is 0 Å². The molecule has 0 fully saturated rings. The van der Waals surface area contributed by atoms with Gasteiger partial charge in [0.15, 0.2) is 11.6 Å². The van der Waals surface area contributed by atoms with Crippen LogP contribution in [0.2, 0.25) is 0 Å². The van der Waals surface area contributed by atoms with Crippen LogP contribution in [0.3, 0.4) is 0 Å². The van der Waals surface area contributed by atoms with E-state index in [1.165, 1.54) is 6.33 Å². The van der Waals surface area contributed by atoms with E-state index in [0.29, 0.717) is 18.1 Å². The third-order valence-electron chi connectivity index (χ3n) is 2.92. The second kappa shape index (κ2) is 4.68. The zero-order valence-electron chi connectivity index (χ0n) is 10.6. The molecule has 0 bridgehead atoms. The molecule has 3 rings (SSSR count). The second-order valence-electron chi connectivity index (χ2n) is 4.32. The number of carbonyl (C=O) groups is 1. The van der Waals surface area contributed by atoms with Crippen LogP contribution < -0.4 is 10.2 Å².